The van der Waals surface area contributed by atoms with Crippen molar-refractivity contribution in [2.24, 2.45) is 5.10 Å². The second-order valence-electron chi connectivity index (χ2n) is 4.55. The number of aromatic carboxylic acids is 1. The topological polar surface area (TPSA) is 84.8 Å². The lowest BCUT2D eigenvalue weighted by Gasteiger charge is -2.10. The Bertz CT molecular complexity index is 712. The predicted octanol–water partition coefficient (Wildman–Crippen LogP) is 3.34. The van der Waals surface area contributed by atoms with Gasteiger partial charge in [0.2, 0.25) is 0 Å². The lowest BCUT2D eigenvalue weighted by Crippen LogP contribution is -2.04. The van der Waals surface area contributed by atoms with Gasteiger partial charge in [-0.25, -0.2) is 4.79 Å². The van der Waals surface area contributed by atoms with Gasteiger partial charge in [0, 0.05) is 0 Å². The maximum absolute atomic E-state index is 11.1. The minimum Gasteiger partial charge on any atom is -0.872 e. The molecule has 2 rings (SSSR count). The quantitative estimate of drug-likeness (QED) is 0.654. The summed E-state index contributed by atoms with van der Waals surface area (Å²) in [5.74, 6) is -1.10. The minimum absolute atomic E-state index is 0.0654. The molecule has 2 aromatic carbocycles. The molecule has 22 heavy (non-hydrogen) atoms. The summed E-state index contributed by atoms with van der Waals surface area (Å²) in [5, 5.41) is 24.8. The van der Waals surface area contributed by atoms with Crippen molar-refractivity contribution >= 4 is 29.0 Å². The van der Waals surface area contributed by atoms with Crippen molar-refractivity contribution in [3.63, 3.8) is 0 Å². The summed E-state index contributed by atoms with van der Waals surface area (Å²) in [6, 6.07) is 10.7. The summed E-state index contributed by atoms with van der Waals surface area (Å²) >= 11 is 6.03. The molecule has 0 fully saturated rings. The normalized spacial score (nSPS) is 11.3. The number of hydrazone groups is 1. The van der Waals surface area contributed by atoms with Crippen molar-refractivity contribution in [2.45, 2.75) is 13.3 Å². The molecule has 0 saturated heterocycles. The monoisotopic (exact) mass is 317 g/mol. The number of carbonyl (C=O) groups is 1. The van der Waals surface area contributed by atoms with Crippen LogP contribution in [0.15, 0.2) is 47.6 Å². The van der Waals surface area contributed by atoms with E-state index in [0.29, 0.717) is 17.1 Å². The summed E-state index contributed by atoms with van der Waals surface area (Å²) in [6.45, 7) is 1.93. The number of nitrogens with zero attached hydrogens (tertiary/aromatic N) is 1. The Balaban J connectivity index is 2.27. The molecule has 0 aromatic heterocycles. The molecule has 0 unspecified atom stereocenters. The van der Waals surface area contributed by atoms with Gasteiger partial charge in [-0.3, -0.25) is 5.43 Å². The molecule has 0 spiro atoms. The van der Waals surface area contributed by atoms with Crippen molar-refractivity contribution in [3.05, 3.63) is 58.6 Å². The van der Waals surface area contributed by atoms with E-state index in [0.717, 1.165) is 11.3 Å². The van der Waals surface area contributed by atoms with E-state index >= 15 is 0 Å². The molecule has 2 aromatic rings. The minimum atomic E-state index is -1.04. The van der Waals surface area contributed by atoms with Crippen molar-refractivity contribution in [1.29, 1.82) is 0 Å². The number of rotatable bonds is 5. The zero-order valence-electron chi connectivity index (χ0n) is 11.8. The number of nitrogens with one attached hydrogen (secondary N) is 1. The lowest BCUT2D eigenvalue weighted by atomic mass is 10.1. The van der Waals surface area contributed by atoms with Gasteiger partial charge in [0.15, 0.2) is 0 Å². The number of benzene rings is 2. The molecule has 0 bridgehead atoms. The average molecular weight is 318 g/mol. The maximum Gasteiger partial charge on any atom is 0.335 e. The van der Waals surface area contributed by atoms with Crippen molar-refractivity contribution in [2.75, 3.05) is 5.43 Å². The van der Waals surface area contributed by atoms with Gasteiger partial charge in [-0.15, -0.1) is 5.75 Å². The van der Waals surface area contributed by atoms with E-state index in [4.69, 9.17) is 16.7 Å². The van der Waals surface area contributed by atoms with Crippen LogP contribution in [0.5, 0.6) is 5.75 Å². The first-order valence-corrected chi connectivity index (χ1v) is 7.02. The Morgan fingerprint density at radius 1 is 1.23 bits per heavy atom. The molecule has 5 nitrogen and oxygen atoms in total. The van der Waals surface area contributed by atoms with Crippen LogP contribution in [0.2, 0.25) is 5.02 Å². The maximum atomic E-state index is 11.1. The lowest BCUT2D eigenvalue weighted by molar-refractivity contribution is -0.268. The molecule has 0 atom stereocenters. The van der Waals surface area contributed by atoms with E-state index in [1.165, 1.54) is 30.3 Å². The van der Waals surface area contributed by atoms with Crippen LogP contribution in [0, 0.1) is 0 Å². The number of anilines is 1. The standard InChI is InChI=1S/C16H15ClN2O3/c1-2-14(10-3-6-12(20)7-4-10)18-19-15-9-11(16(21)22)5-8-13(15)17/h3-9,19-20H,2H2,1H3,(H,21,22)/p-1/b18-14+. The van der Waals surface area contributed by atoms with Crippen LogP contribution in [0.4, 0.5) is 5.69 Å². The second kappa shape index (κ2) is 6.95. The summed E-state index contributed by atoms with van der Waals surface area (Å²) in [7, 11) is 0. The number of halogens is 1. The van der Waals surface area contributed by atoms with Crippen LogP contribution in [0.3, 0.4) is 0 Å². The molecule has 0 aliphatic heterocycles. The van der Waals surface area contributed by atoms with Gasteiger partial charge in [-0.1, -0.05) is 42.8 Å². The third-order valence-electron chi connectivity index (χ3n) is 3.05. The van der Waals surface area contributed by atoms with Gasteiger partial charge in [-0.05, 0) is 30.2 Å². The van der Waals surface area contributed by atoms with Crippen molar-refractivity contribution in [3.8, 4) is 5.75 Å². The molecule has 2 N–H and O–H groups in total. The van der Waals surface area contributed by atoms with Gasteiger partial charge < -0.3 is 10.2 Å². The first-order chi connectivity index (χ1) is 10.5. The highest BCUT2D eigenvalue weighted by atomic mass is 35.5. The largest absolute Gasteiger partial charge is 0.872 e. The van der Waals surface area contributed by atoms with Crippen LogP contribution in [0.1, 0.15) is 29.3 Å². The van der Waals surface area contributed by atoms with Crippen molar-refractivity contribution in [1.82, 2.24) is 0 Å². The highest BCUT2D eigenvalue weighted by molar-refractivity contribution is 6.33. The van der Waals surface area contributed by atoms with E-state index < -0.39 is 5.97 Å². The summed E-state index contributed by atoms with van der Waals surface area (Å²) in [4.78, 5) is 11.0. The van der Waals surface area contributed by atoms with Gasteiger partial charge in [0.05, 0.1) is 22.0 Å². The fraction of sp³-hybridized carbons (Fsp3) is 0.125. The number of hydrogen-bond acceptors (Lipinski definition) is 4. The second-order valence-corrected chi connectivity index (χ2v) is 4.96. The number of hydrogen-bond donors (Lipinski definition) is 2. The van der Waals surface area contributed by atoms with E-state index in [1.807, 2.05) is 6.92 Å². The van der Waals surface area contributed by atoms with Crippen LogP contribution in [-0.2, 0) is 0 Å². The van der Waals surface area contributed by atoms with E-state index in [2.05, 4.69) is 10.5 Å². The molecule has 0 aliphatic rings. The van der Waals surface area contributed by atoms with E-state index in [9.17, 15) is 9.90 Å². The third-order valence-corrected chi connectivity index (χ3v) is 3.38. The molecule has 114 valence electrons. The molecule has 0 heterocycles. The molecular weight excluding hydrogens is 304 g/mol. The molecule has 0 saturated carbocycles. The van der Waals surface area contributed by atoms with E-state index in [-0.39, 0.29) is 11.3 Å². The summed E-state index contributed by atoms with van der Waals surface area (Å²) in [5.41, 5.74) is 4.87. The smallest absolute Gasteiger partial charge is 0.335 e. The zero-order valence-corrected chi connectivity index (χ0v) is 12.6. The average Bonchev–Trinajstić information content (AvgIpc) is 2.50. The SMILES string of the molecule is CC/C(=N\Nc1cc(C(=O)O)ccc1Cl)c1ccc([O-])cc1. The molecular formula is C16H14ClN2O3-. The summed E-state index contributed by atoms with van der Waals surface area (Å²) < 4.78 is 0. The Hall–Kier alpha value is -2.53. The van der Waals surface area contributed by atoms with Gasteiger partial charge >= 0.3 is 5.97 Å². The Morgan fingerprint density at radius 3 is 2.45 bits per heavy atom. The highest BCUT2D eigenvalue weighted by Gasteiger charge is 2.07. The third kappa shape index (κ3) is 3.77. The Labute approximate surface area is 132 Å². The number of carboxylic acid groups (broad SMARTS) is 1. The molecule has 0 radical (unpaired) electrons. The number of carboxylic acids is 1. The predicted molar refractivity (Wildman–Crippen MR) is 84.8 cm³/mol. The van der Waals surface area contributed by atoms with Gasteiger partial charge in [0.1, 0.15) is 0 Å². The molecule has 6 heteroatoms. The van der Waals surface area contributed by atoms with Crippen molar-refractivity contribution < 1.29 is 15.0 Å². The van der Waals surface area contributed by atoms with Gasteiger partial charge in [0.25, 0.3) is 0 Å². The Morgan fingerprint density at radius 2 is 1.86 bits per heavy atom. The van der Waals surface area contributed by atoms with Crippen LogP contribution >= 0.6 is 11.6 Å². The van der Waals surface area contributed by atoms with Crippen LogP contribution in [0.25, 0.3) is 0 Å². The van der Waals surface area contributed by atoms with E-state index in [1.54, 1.807) is 12.1 Å². The fourth-order valence-electron chi connectivity index (χ4n) is 1.87. The van der Waals surface area contributed by atoms with Crippen LogP contribution in [-0.4, -0.2) is 16.8 Å². The summed E-state index contributed by atoms with van der Waals surface area (Å²) in [6.07, 6.45) is 0.640. The Kier molecular flexibility index (Phi) is 5.01. The highest BCUT2D eigenvalue weighted by Crippen LogP contribution is 2.23. The first-order valence-electron chi connectivity index (χ1n) is 6.64. The van der Waals surface area contributed by atoms with Gasteiger partial charge in [-0.2, -0.15) is 5.10 Å². The molecule has 0 aliphatic carbocycles. The molecule has 0 amide bonds. The fourth-order valence-corrected chi connectivity index (χ4v) is 2.03. The first kappa shape index (κ1) is 15.9. The van der Waals surface area contributed by atoms with Crippen LogP contribution < -0.4 is 10.5 Å². The zero-order chi connectivity index (χ0) is 16.1.